The molecule has 0 saturated carbocycles. The first-order chi connectivity index (χ1) is 11.6. The lowest BCUT2D eigenvalue weighted by Crippen LogP contribution is -2.46. The zero-order chi connectivity index (χ0) is 17.4. The number of likely N-dealkylation sites (tertiary alicyclic amines) is 1. The molecule has 2 amide bonds. The molecule has 8 heteroatoms. The average molecular weight is 390 g/mol. The van der Waals surface area contributed by atoms with Crippen molar-refractivity contribution in [3.05, 3.63) is 30.1 Å². The summed E-state index contributed by atoms with van der Waals surface area (Å²) in [5, 5.41) is 2.79. The van der Waals surface area contributed by atoms with Gasteiger partial charge in [0.25, 0.3) is 0 Å². The fraction of sp³-hybridized carbons (Fsp3) is 0.529. The van der Waals surface area contributed by atoms with Crippen LogP contribution in [0.4, 0.5) is 4.39 Å². The Bertz CT molecular complexity index is 559. The summed E-state index contributed by atoms with van der Waals surface area (Å²) >= 11 is 1.53. The highest BCUT2D eigenvalue weighted by Gasteiger charge is 2.27. The minimum atomic E-state index is -0.261. The van der Waals surface area contributed by atoms with Gasteiger partial charge in [0.15, 0.2) is 0 Å². The van der Waals surface area contributed by atoms with Crippen LogP contribution in [0.25, 0.3) is 0 Å². The summed E-state index contributed by atoms with van der Waals surface area (Å²) in [7, 11) is 0. The molecule has 5 nitrogen and oxygen atoms in total. The Morgan fingerprint density at radius 2 is 2.04 bits per heavy atom. The summed E-state index contributed by atoms with van der Waals surface area (Å²) in [4.78, 5) is 27.1. The Hall–Kier alpha value is -1.31. The normalized spacial score (nSPS) is 16.9. The third-order valence-electron chi connectivity index (χ3n) is 3.99. The van der Waals surface area contributed by atoms with E-state index in [0.29, 0.717) is 38.4 Å². The summed E-state index contributed by atoms with van der Waals surface area (Å²) in [5.41, 5.74) is 5.39. The summed E-state index contributed by atoms with van der Waals surface area (Å²) in [6.07, 6.45) is 2.07. The molecule has 1 unspecified atom stereocenters. The predicted octanol–water partition coefficient (Wildman–Crippen LogP) is 2.04. The largest absolute Gasteiger partial charge is 0.355 e. The summed E-state index contributed by atoms with van der Waals surface area (Å²) < 4.78 is 12.8. The lowest BCUT2D eigenvalue weighted by Gasteiger charge is -2.32. The highest BCUT2D eigenvalue weighted by molar-refractivity contribution is 7.99. The average Bonchev–Trinajstić information content (AvgIpc) is 2.61. The van der Waals surface area contributed by atoms with Crippen LogP contribution in [0.1, 0.15) is 19.3 Å². The number of hydrogen-bond donors (Lipinski definition) is 2. The van der Waals surface area contributed by atoms with Crippen LogP contribution >= 0.6 is 24.2 Å². The second-order valence-electron chi connectivity index (χ2n) is 5.81. The maximum absolute atomic E-state index is 12.8. The molecule has 1 aromatic carbocycles. The Labute approximate surface area is 158 Å². The number of thioether (sulfide) groups is 1. The number of nitrogens with zero attached hydrogens (tertiary/aromatic N) is 1. The lowest BCUT2D eigenvalue weighted by atomic mass is 9.97. The number of piperidine rings is 1. The lowest BCUT2D eigenvalue weighted by molar-refractivity contribution is -0.135. The molecule has 1 fully saturated rings. The van der Waals surface area contributed by atoms with Crippen LogP contribution in [0.5, 0.6) is 0 Å². The molecule has 3 N–H and O–H groups in total. The van der Waals surface area contributed by atoms with E-state index in [1.54, 1.807) is 17.0 Å². The number of benzene rings is 1. The van der Waals surface area contributed by atoms with Gasteiger partial charge >= 0.3 is 0 Å². The molecule has 1 heterocycles. The monoisotopic (exact) mass is 389 g/mol. The van der Waals surface area contributed by atoms with Gasteiger partial charge in [0.2, 0.25) is 11.8 Å². The molecule has 1 aliphatic rings. The van der Waals surface area contributed by atoms with E-state index in [1.807, 2.05) is 0 Å². The number of nitrogens with two attached hydrogens (primary N) is 1. The Morgan fingerprint density at radius 1 is 1.32 bits per heavy atom. The Kier molecular flexibility index (Phi) is 9.85. The van der Waals surface area contributed by atoms with Crippen LogP contribution in [0.15, 0.2) is 29.2 Å². The number of halogens is 2. The van der Waals surface area contributed by atoms with E-state index in [1.165, 1.54) is 23.9 Å². The first kappa shape index (κ1) is 21.7. The number of amides is 2. The van der Waals surface area contributed by atoms with E-state index in [4.69, 9.17) is 5.73 Å². The zero-order valence-corrected chi connectivity index (χ0v) is 15.7. The van der Waals surface area contributed by atoms with Crippen LogP contribution in [0.3, 0.4) is 0 Å². The SMILES string of the molecule is Cl.NCCNC(=O)C1CCCN(C(=O)CCSc2ccc(F)cc2)C1. The van der Waals surface area contributed by atoms with Crippen LogP contribution < -0.4 is 11.1 Å². The van der Waals surface area contributed by atoms with Crippen molar-refractivity contribution < 1.29 is 14.0 Å². The van der Waals surface area contributed by atoms with Crippen LogP contribution in [0.2, 0.25) is 0 Å². The van der Waals surface area contributed by atoms with Crippen LogP contribution in [-0.2, 0) is 9.59 Å². The van der Waals surface area contributed by atoms with Crippen molar-refractivity contribution in [1.29, 1.82) is 0 Å². The standard InChI is InChI=1S/C17H24FN3O2S.ClH/c18-14-3-5-15(6-4-14)24-11-7-16(22)21-10-1-2-13(12-21)17(23)20-9-8-19;/h3-6,13H,1-2,7-12,19H2,(H,20,23);1H. The van der Waals surface area contributed by atoms with Crippen molar-refractivity contribution in [2.24, 2.45) is 11.7 Å². The minimum absolute atomic E-state index is 0. The van der Waals surface area contributed by atoms with E-state index in [2.05, 4.69) is 5.32 Å². The second kappa shape index (κ2) is 11.3. The molecule has 25 heavy (non-hydrogen) atoms. The van der Waals surface area contributed by atoms with Crippen molar-refractivity contribution in [3.63, 3.8) is 0 Å². The molecule has 0 spiro atoms. The number of carbonyl (C=O) groups is 2. The Balaban J connectivity index is 0.00000312. The fourth-order valence-electron chi connectivity index (χ4n) is 2.70. The molecule has 1 atom stereocenters. The van der Waals surface area contributed by atoms with E-state index in [9.17, 15) is 14.0 Å². The second-order valence-corrected chi connectivity index (χ2v) is 6.98. The third kappa shape index (κ3) is 7.22. The van der Waals surface area contributed by atoms with Crippen molar-refractivity contribution in [1.82, 2.24) is 10.2 Å². The van der Waals surface area contributed by atoms with E-state index in [0.717, 1.165) is 17.7 Å². The van der Waals surface area contributed by atoms with Gasteiger partial charge in [-0.05, 0) is 37.1 Å². The highest BCUT2D eigenvalue weighted by Crippen LogP contribution is 2.21. The molecule has 140 valence electrons. The van der Waals surface area contributed by atoms with Gasteiger partial charge in [-0.25, -0.2) is 4.39 Å². The van der Waals surface area contributed by atoms with E-state index < -0.39 is 0 Å². The van der Waals surface area contributed by atoms with Crippen molar-refractivity contribution in [2.45, 2.75) is 24.2 Å². The van der Waals surface area contributed by atoms with Gasteiger partial charge in [-0.15, -0.1) is 24.2 Å². The van der Waals surface area contributed by atoms with E-state index >= 15 is 0 Å². The molecule has 0 bridgehead atoms. The van der Waals surface area contributed by atoms with Crippen LogP contribution in [0, 0.1) is 11.7 Å². The molecule has 0 aromatic heterocycles. The van der Waals surface area contributed by atoms with Gasteiger partial charge in [-0.3, -0.25) is 9.59 Å². The van der Waals surface area contributed by atoms with Gasteiger partial charge in [0.05, 0.1) is 5.92 Å². The van der Waals surface area contributed by atoms with Crippen molar-refractivity contribution in [2.75, 3.05) is 31.9 Å². The predicted molar refractivity (Wildman–Crippen MR) is 100 cm³/mol. The number of carbonyl (C=O) groups excluding carboxylic acids is 2. The maximum atomic E-state index is 12.8. The van der Waals surface area contributed by atoms with Gasteiger partial charge in [0, 0.05) is 43.2 Å². The van der Waals surface area contributed by atoms with Gasteiger partial charge < -0.3 is 16.0 Å². The first-order valence-electron chi connectivity index (χ1n) is 8.24. The topological polar surface area (TPSA) is 75.4 Å². The maximum Gasteiger partial charge on any atom is 0.224 e. The fourth-order valence-corrected chi connectivity index (χ4v) is 3.54. The molecular weight excluding hydrogens is 365 g/mol. The quantitative estimate of drug-likeness (QED) is 0.700. The highest BCUT2D eigenvalue weighted by atomic mass is 35.5. The van der Waals surface area contributed by atoms with Gasteiger partial charge in [-0.1, -0.05) is 0 Å². The van der Waals surface area contributed by atoms with Crippen molar-refractivity contribution >= 4 is 36.0 Å². The molecule has 0 radical (unpaired) electrons. The van der Waals surface area contributed by atoms with Gasteiger partial charge in [0.1, 0.15) is 5.82 Å². The van der Waals surface area contributed by atoms with Crippen molar-refractivity contribution in [3.8, 4) is 0 Å². The molecule has 1 saturated heterocycles. The van der Waals surface area contributed by atoms with Crippen LogP contribution in [-0.4, -0.2) is 48.6 Å². The molecule has 1 aliphatic heterocycles. The molecule has 0 aliphatic carbocycles. The minimum Gasteiger partial charge on any atom is -0.355 e. The van der Waals surface area contributed by atoms with E-state index in [-0.39, 0.29) is 36.0 Å². The molecule has 1 aromatic rings. The molecular formula is C17H25ClFN3O2S. The summed E-state index contributed by atoms with van der Waals surface area (Å²) in [6, 6.07) is 6.26. The number of hydrogen-bond acceptors (Lipinski definition) is 4. The van der Waals surface area contributed by atoms with Gasteiger partial charge in [-0.2, -0.15) is 0 Å². The number of nitrogens with one attached hydrogen (secondary N) is 1. The number of rotatable bonds is 7. The first-order valence-corrected chi connectivity index (χ1v) is 9.22. The smallest absolute Gasteiger partial charge is 0.224 e. The third-order valence-corrected chi connectivity index (χ3v) is 5.00. The summed E-state index contributed by atoms with van der Waals surface area (Å²) in [5.74, 6) is 0.298. The molecule has 2 rings (SSSR count). The zero-order valence-electron chi connectivity index (χ0n) is 14.1. The Morgan fingerprint density at radius 3 is 2.72 bits per heavy atom. The summed E-state index contributed by atoms with van der Waals surface area (Å²) in [6.45, 7) is 2.08.